The third kappa shape index (κ3) is 5.57. The highest BCUT2D eigenvalue weighted by atomic mass is 35.5. The fourth-order valence-corrected chi connectivity index (χ4v) is 3.47. The van der Waals surface area contributed by atoms with Crippen LogP contribution in [0.25, 0.3) is 0 Å². The molecule has 0 aliphatic carbocycles. The number of rotatable bonds is 7. The van der Waals surface area contributed by atoms with E-state index in [1.165, 1.54) is 11.1 Å². The van der Waals surface area contributed by atoms with E-state index in [4.69, 9.17) is 23.8 Å². The summed E-state index contributed by atoms with van der Waals surface area (Å²) in [6, 6.07) is 14.2. The minimum atomic E-state index is 0.696. The summed E-state index contributed by atoms with van der Waals surface area (Å²) in [6.07, 6.45) is 6.60. The summed E-state index contributed by atoms with van der Waals surface area (Å²) in [6.45, 7) is 6.70. The quantitative estimate of drug-likeness (QED) is 0.523. The normalized spacial score (nSPS) is 10.7. The van der Waals surface area contributed by atoms with E-state index in [1.54, 1.807) is 6.20 Å². The Morgan fingerprint density at radius 2 is 2.00 bits per heavy atom. The molecule has 0 unspecified atom stereocenters. The van der Waals surface area contributed by atoms with Crippen LogP contribution in [0.4, 0.5) is 5.69 Å². The maximum absolute atomic E-state index is 6.17. The first-order chi connectivity index (χ1) is 13.5. The fourth-order valence-electron chi connectivity index (χ4n) is 3.03. The van der Waals surface area contributed by atoms with Crippen molar-refractivity contribution in [1.82, 2.24) is 14.5 Å². The maximum atomic E-state index is 6.17. The molecule has 0 aliphatic heterocycles. The van der Waals surface area contributed by atoms with E-state index in [9.17, 15) is 0 Å². The molecular formula is C22H25ClN4S. The molecule has 0 amide bonds. The number of halogens is 1. The van der Waals surface area contributed by atoms with Gasteiger partial charge in [0.05, 0.1) is 6.33 Å². The van der Waals surface area contributed by atoms with Gasteiger partial charge in [-0.15, -0.1) is 0 Å². The van der Waals surface area contributed by atoms with Crippen LogP contribution in [0.3, 0.4) is 0 Å². The topological polar surface area (TPSA) is 33.1 Å². The number of imidazole rings is 1. The molecule has 0 fully saturated rings. The molecule has 28 heavy (non-hydrogen) atoms. The fraction of sp³-hybridized carbons (Fsp3) is 0.273. The highest BCUT2D eigenvalue weighted by Gasteiger charge is 2.13. The largest absolute Gasteiger partial charge is 0.345 e. The summed E-state index contributed by atoms with van der Waals surface area (Å²) in [5, 5.41) is 4.79. The van der Waals surface area contributed by atoms with Gasteiger partial charge >= 0.3 is 0 Å². The Balaban J connectivity index is 1.72. The van der Waals surface area contributed by atoms with Gasteiger partial charge in [-0.25, -0.2) is 4.98 Å². The van der Waals surface area contributed by atoms with Gasteiger partial charge in [-0.3, -0.25) is 0 Å². The Hall–Kier alpha value is -2.37. The molecule has 0 saturated carbocycles. The van der Waals surface area contributed by atoms with Crippen LogP contribution < -0.4 is 5.32 Å². The lowest BCUT2D eigenvalue weighted by Crippen LogP contribution is -2.35. The third-order valence-corrected chi connectivity index (χ3v) is 5.35. The molecular weight excluding hydrogens is 388 g/mol. The average molecular weight is 413 g/mol. The number of thiocarbonyl (C=S) groups is 1. The summed E-state index contributed by atoms with van der Waals surface area (Å²) in [5.41, 5.74) is 4.60. The predicted molar refractivity (Wildman–Crippen MR) is 121 cm³/mol. The molecule has 0 spiro atoms. The minimum Gasteiger partial charge on any atom is -0.345 e. The second-order valence-electron chi connectivity index (χ2n) is 6.89. The molecule has 0 bridgehead atoms. The molecule has 4 nitrogen and oxygen atoms in total. The van der Waals surface area contributed by atoms with E-state index in [0.717, 1.165) is 37.3 Å². The first-order valence-corrected chi connectivity index (χ1v) is 10.1. The van der Waals surface area contributed by atoms with E-state index in [0.29, 0.717) is 10.1 Å². The number of hydrogen-bond donors (Lipinski definition) is 1. The van der Waals surface area contributed by atoms with Gasteiger partial charge < -0.3 is 14.8 Å². The number of hydrogen-bond acceptors (Lipinski definition) is 2. The molecule has 0 saturated heterocycles. The average Bonchev–Trinajstić information content (AvgIpc) is 3.19. The van der Waals surface area contributed by atoms with Crippen molar-refractivity contribution in [3.8, 4) is 0 Å². The number of nitrogens with one attached hydrogen (secondary N) is 1. The number of aromatic nitrogens is 2. The minimum absolute atomic E-state index is 0.696. The number of nitrogens with zero attached hydrogens (tertiary/aromatic N) is 3. The van der Waals surface area contributed by atoms with Crippen molar-refractivity contribution in [2.45, 2.75) is 33.4 Å². The zero-order valence-electron chi connectivity index (χ0n) is 16.2. The van der Waals surface area contributed by atoms with Crippen LogP contribution in [0.15, 0.2) is 61.2 Å². The monoisotopic (exact) mass is 412 g/mol. The maximum Gasteiger partial charge on any atom is 0.173 e. The van der Waals surface area contributed by atoms with Crippen LogP contribution in [-0.2, 0) is 13.1 Å². The number of benzene rings is 2. The van der Waals surface area contributed by atoms with Crippen molar-refractivity contribution < 1.29 is 0 Å². The van der Waals surface area contributed by atoms with E-state index >= 15 is 0 Å². The summed E-state index contributed by atoms with van der Waals surface area (Å²) < 4.78 is 2.09. The van der Waals surface area contributed by atoms with Crippen molar-refractivity contribution in [2.75, 3.05) is 11.9 Å². The van der Waals surface area contributed by atoms with E-state index in [1.807, 2.05) is 37.6 Å². The molecule has 6 heteroatoms. The first kappa shape index (κ1) is 20.4. The summed E-state index contributed by atoms with van der Waals surface area (Å²) in [5.74, 6) is 0. The molecule has 3 rings (SSSR count). The van der Waals surface area contributed by atoms with Gasteiger partial charge in [-0.2, -0.15) is 0 Å². The van der Waals surface area contributed by atoms with E-state index in [2.05, 4.69) is 51.0 Å². The van der Waals surface area contributed by atoms with Crippen molar-refractivity contribution in [3.63, 3.8) is 0 Å². The predicted octanol–water partition coefficient (Wildman–Crippen LogP) is 5.44. The highest BCUT2D eigenvalue weighted by Crippen LogP contribution is 2.21. The molecule has 1 N–H and O–H groups in total. The van der Waals surface area contributed by atoms with Gasteiger partial charge in [0.1, 0.15) is 0 Å². The highest BCUT2D eigenvalue weighted by molar-refractivity contribution is 7.80. The molecule has 0 atom stereocenters. The number of aryl methyl sites for hydroxylation is 3. The standard InChI is InChI=1S/C22H25ClN4S/c1-17-6-3-4-7-19(17)15-27(12-5-11-26-13-10-24-16-26)22(28)25-21-14-20(23)9-8-18(21)2/h3-4,6-10,13-14,16H,5,11-12,15H2,1-2H3,(H,25,28). The van der Waals surface area contributed by atoms with Crippen LogP contribution in [0.1, 0.15) is 23.1 Å². The Labute approximate surface area is 177 Å². The smallest absolute Gasteiger partial charge is 0.173 e. The Bertz CT molecular complexity index is 924. The zero-order valence-corrected chi connectivity index (χ0v) is 17.8. The van der Waals surface area contributed by atoms with Gasteiger partial charge in [0.2, 0.25) is 0 Å². The molecule has 0 radical (unpaired) electrons. The van der Waals surface area contributed by atoms with Crippen molar-refractivity contribution in [3.05, 3.63) is 82.9 Å². The van der Waals surface area contributed by atoms with Gasteiger partial charge in [0.25, 0.3) is 0 Å². The summed E-state index contributed by atoms with van der Waals surface area (Å²) in [4.78, 5) is 6.32. The second kappa shape index (κ2) is 9.71. The third-order valence-electron chi connectivity index (χ3n) is 4.75. The Kier molecular flexibility index (Phi) is 7.06. The molecule has 3 aromatic rings. The summed E-state index contributed by atoms with van der Waals surface area (Å²) >= 11 is 11.9. The van der Waals surface area contributed by atoms with Gasteiger partial charge in [-0.05, 0) is 61.3 Å². The van der Waals surface area contributed by atoms with Crippen molar-refractivity contribution >= 4 is 34.6 Å². The van der Waals surface area contributed by atoms with Crippen molar-refractivity contribution in [2.24, 2.45) is 0 Å². The van der Waals surface area contributed by atoms with Crippen LogP contribution in [0.2, 0.25) is 5.02 Å². The van der Waals surface area contributed by atoms with Crippen molar-refractivity contribution in [1.29, 1.82) is 0 Å². The molecule has 1 heterocycles. The Morgan fingerprint density at radius 3 is 2.75 bits per heavy atom. The van der Waals surface area contributed by atoms with Crippen LogP contribution in [0, 0.1) is 13.8 Å². The van der Waals surface area contributed by atoms with E-state index < -0.39 is 0 Å². The lowest BCUT2D eigenvalue weighted by Gasteiger charge is -2.27. The Morgan fingerprint density at radius 1 is 1.18 bits per heavy atom. The SMILES string of the molecule is Cc1ccccc1CN(CCCn1ccnc1)C(=S)Nc1cc(Cl)ccc1C. The van der Waals surface area contributed by atoms with Crippen LogP contribution in [-0.4, -0.2) is 26.1 Å². The van der Waals surface area contributed by atoms with E-state index in [-0.39, 0.29) is 0 Å². The lowest BCUT2D eigenvalue weighted by atomic mass is 10.1. The molecule has 1 aromatic heterocycles. The summed E-state index contributed by atoms with van der Waals surface area (Å²) in [7, 11) is 0. The number of anilines is 1. The molecule has 0 aliphatic rings. The van der Waals surface area contributed by atoms with Crippen LogP contribution >= 0.6 is 23.8 Å². The molecule has 146 valence electrons. The first-order valence-electron chi connectivity index (χ1n) is 9.35. The lowest BCUT2D eigenvalue weighted by molar-refractivity contribution is 0.395. The second-order valence-corrected chi connectivity index (χ2v) is 7.71. The van der Waals surface area contributed by atoms with Gasteiger partial charge in [0, 0.05) is 42.7 Å². The molecule has 2 aromatic carbocycles. The zero-order chi connectivity index (χ0) is 19.9. The van der Waals surface area contributed by atoms with Gasteiger partial charge in [0.15, 0.2) is 5.11 Å². The van der Waals surface area contributed by atoms with Gasteiger partial charge in [-0.1, -0.05) is 41.9 Å². The van der Waals surface area contributed by atoms with Crippen LogP contribution in [0.5, 0.6) is 0 Å².